The number of para-hydroxylation sites is 1. The van der Waals surface area contributed by atoms with Gasteiger partial charge in [-0.05, 0) is 32.9 Å². The average Bonchev–Trinajstić information content (AvgIpc) is 3.18. The Labute approximate surface area is 204 Å². The summed E-state index contributed by atoms with van der Waals surface area (Å²) in [4.78, 5) is 53.2. The summed E-state index contributed by atoms with van der Waals surface area (Å²) in [6.07, 6.45) is -3.58. The fraction of sp³-hybridized carbons (Fsp3) is 0.476. The Hall–Kier alpha value is -2.87. The molecule has 1 unspecified atom stereocenters. The maximum Gasteiger partial charge on any atom is 0.529 e. The third kappa shape index (κ3) is 6.87. The van der Waals surface area contributed by atoms with Crippen LogP contribution >= 0.6 is 7.82 Å². The van der Waals surface area contributed by atoms with Crippen LogP contribution < -0.4 is 16.3 Å². The number of nitrogens with one attached hydrogen (secondary N) is 1. The Balaban J connectivity index is 1.62. The van der Waals surface area contributed by atoms with Crippen LogP contribution in [0.25, 0.3) is 0 Å². The number of benzene rings is 1. The standard InChI is InChI=1S/C21H27FN3O10P/c1-12(2)34-25(14-7-5-4-6-8-14)13(3)20(28)35-36(30,31)32-11-17-16(26)9-18(33-17)24-10-15(22)19(27)23-21(24)29/h4-8,10,12-13,16-18,26H,9,11H2,1-3H3,(H,30,31)(H,23,27,29)/t13-,16-,17+,18+/m0/s1. The molecule has 0 saturated carbocycles. The first-order valence-corrected chi connectivity index (χ1v) is 12.4. The highest BCUT2D eigenvalue weighted by Crippen LogP contribution is 2.45. The molecule has 0 radical (unpaired) electrons. The SMILES string of the molecule is CC(C)ON(c1ccccc1)[C@@H](C)C(=O)OP(=O)(O)OC[C@H]1O[C@@H](n2cc(F)c(=O)[nH]c2=O)C[C@@H]1O. The van der Waals surface area contributed by atoms with Crippen molar-refractivity contribution in [3.8, 4) is 0 Å². The zero-order valence-electron chi connectivity index (χ0n) is 19.6. The molecule has 1 aromatic carbocycles. The highest BCUT2D eigenvalue weighted by atomic mass is 31.2. The van der Waals surface area contributed by atoms with Crippen LogP contribution in [0.4, 0.5) is 10.1 Å². The lowest BCUT2D eigenvalue weighted by Gasteiger charge is -2.30. The van der Waals surface area contributed by atoms with E-state index in [2.05, 4.69) is 4.52 Å². The molecule has 3 rings (SSSR count). The molecule has 0 amide bonds. The van der Waals surface area contributed by atoms with E-state index in [1.807, 2.05) is 0 Å². The highest BCUT2D eigenvalue weighted by Gasteiger charge is 2.39. The number of rotatable bonds is 10. The van der Waals surface area contributed by atoms with Crippen molar-refractivity contribution in [2.75, 3.05) is 11.7 Å². The second kappa shape index (κ2) is 11.5. The first-order chi connectivity index (χ1) is 16.9. The topological polar surface area (TPSA) is 170 Å². The molecule has 0 bridgehead atoms. The Morgan fingerprint density at radius 3 is 2.61 bits per heavy atom. The lowest BCUT2D eigenvalue weighted by atomic mass is 10.2. The Morgan fingerprint density at radius 1 is 1.31 bits per heavy atom. The van der Waals surface area contributed by atoms with Crippen molar-refractivity contribution in [3.05, 3.63) is 63.2 Å². The number of aromatic amines is 1. The van der Waals surface area contributed by atoms with Crippen LogP contribution in [0, 0.1) is 5.82 Å². The fourth-order valence-corrected chi connectivity index (χ4v) is 4.14. The quantitative estimate of drug-likeness (QED) is 0.298. The number of aliphatic hydroxyl groups is 1. The molecule has 13 nitrogen and oxygen atoms in total. The summed E-state index contributed by atoms with van der Waals surface area (Å²) in [7, 11) is -4.96. The van der Waals surface area contributed by atoms with Crippen LogP contribution in [-0.4, -0.2) is 56.5 Å². The zero-order chi connectivity index (χ0) is 26.6. The molecule has 1 aliphatic heterocycles. The Bertz CT molecular complexity index is 1220. The van der Waals surface area contributed by atoms with Crippen molar-refractivity contribution >= 4 is 19.5 Å². The number of hydrogen-bond donors (Lipinski definition) is 3. The van der Waals surface area contributed by atoms with E-state index in [0.29, 0.717) is 11.9 Å². The van der Waals surface area contributed by atoms with Crippen LogP contribution in [0.5, 0.6) is 0 Å². The number of hydrogen-bond acceptors (Lipinski definition) is 10. The van der Waals surface area contributed by atoms with Gasteiger partial charge in [0.05, 0.1) is 30.7 Å². The smallest absolute Gasteiger partial charge is 0.390 e. The van der Waals surface area contributed by atoms with E-state index in [4.69, 9.17) is 14.1 Å². The number of nitrogens with zero attached hydrogens (tertiary/aromatic N) is 2. The van der Waals surface area contributed by atoms with E-state index < -0.39 is 61.9 Å². The molecule has 1 fully saturated rings. The van der Waals surface area contributed by atoms with Crippen LogP contribution in [0.3, 0.4) is 0 Å². The van der Waals surface area contributed by atoms with E-state index in [0.717, 1.165) is 4.57 Å². The molecule has 5 atom stereocenters. The average molecular weight is 531 g/mol. The van der Waals surface area contributed by atoms with Gasteiger partial charge in [0.25, 0.3) is 5.56 Å². The number of ether oxygens (including phenoxy) is 1. The molecule has 2 aromatic rings. The number of phosphoric acid groups is 1. The van der Waals surface area contributed by atoms with Gasteiger partial charge in [-0.15, -0.1) is 0 Å². The van der Waals surface area contributed by atoms with Gasteiger partial charge < -0.3 is 14.4 Å². The molecule has 198 valence electrons. The summed E-state index contributed by atoms with van der Waals surface area (Å²) in [5, 5.41) is 11.4. The lowest BCUT2D eigenvalue weighted by Crippen LogP contribution is -2.41. The molecule has 3 N–H and O–H groups in total. The van der Waals surface area contributed by atoms with E-state index in [-0.39, 0.29) is 12.5 Å². The molecule has 15 heteroatoms. The molecule has 0 spiro atoms. The first kappa shape index (κ1) is 27.7. The largest absolute Gasteiger partial charge is 0.529 e. The van der Waals surface area contributed by atoms with Crippen molar-refractivity contribution in [2.45, 2.75) is 57.8 Å². The summed E-state index contributed by atoms with van der Waals surface area (Å²) in [6.45, 7) is 4.19. The number of carbonyl (C=O) groups excluding carboxylic acids is 1. The number of hydroxylamine groups is 1. The van der Waals surface area contributed by atoms with Gasteiger partial charge >= 0.3 is 19.5 Å². The highest BCUT2D eigenvalue weighted by molar-refractivity contribution is 7.48. The molecule has 1 aromatic heterocycles. The first-order valence-electron chi connectivity index (χ1n) is 10.9. The minimum Gasteiger partial charge on any atom is -0.390 e. The summed E-state index contributed by atoms with van der Waals surface area (Å²) < 4.78 is 41.6. The van der Waals surface area contributed by atoms with Gasteiger partial charge in [0.1, 0.15) is 12.3 Å². The van der Waals surface area contributed by atoms with Gasteiger partial charge in [0.15, 0.2) is 6.04 Å². The fourth-order valence-electron chi connectivity index (χ4n) is 3.37. The monoisotopic (exact) mass is 531 g/mol. The molecular weight excluding hydrogens is 504 g/mol. The van der Waals surface area contributed by atoms with Crippen molar-refractivity contribution < 1.29 is 42.4 Å². The second-order valence-electron chi connectivity index (χ2n) is 8.24. The van der Waals surface area contributed by atoms with E-state index in [9.17, 15) is 33.3 Å². The number of halogens is 1. The minimum atomic E-state index is -4.96. The van der Waals surface area contributed by atoms with Crippen LogP contribution in [0.1, 0.15) is 33.4 Å². The molecule has 1 aliphatic rings. The van der Waals surface area contributed by atoms with Gasteiger partial charge in [0.2, 0.25) is 5.82 Å². The van der Waals surface area contributed by atoms with Gasteiger partial charge in [-0.25, -0.2) is 19.2 Å². The summed E-state index contributed by atoms with van der Waals surface area (Å²) >= 11 is 0. The molecular formula is C21H27FN3O10P. The number of aromatic nitrogens is 2. The van der Waals surface area contributed by atoms with Gasteiger partial charge in [-0.3, -0.25) is 28.6 Å². The second-order valence-corrected chi connectivity index (χ2v) is 9.62. The van der Waals surface area contributed by atoms with E-state index >= 15 is 0 Å². The van der Waals surface area contributed by atoms with Crippen LogP contribution in [-0.2, 0) is 28.0 Å². The number of anilines is 1. The molecule has 36 heavy (non-hydrogen) atoms. The summed E-state index contributed by atoms with van der Waals surface area (Å²) in [5.74, 6) is -2.36. The van der Waals surface area contributed by atoms with Crippen molar-refractivity contribution in [2.24, 2.45) is 0 Å². The van der Waals surface area contributed by atoms with Crippen molar-refractivity contribution in [1.82, 2.24) is 9.55 Å². The van der Waals surface area contributed by atoms with Gasteiger partial charge in [-0.1, -0.05) is 18.2 Å². The maximum atomic E-state index is 13.6. The maximum absolute atomic E-state index is 13.6. The number of phosphoric ester groups is 1. The third-order valence-electron chi connectivity index (χ3n) is 5.07. The zero-order valence-corrected chi connectivity index (χ0v) is 20.5. The van der Waals surface area contributed by atoms with Crippen molar-refractivity contribution in [1.29, 1.82) is 0 Å². The lowest BCUT2D eigenvalue weighted by molar-refractivity contribution is -0.140. The Kier molecular flexibility index (Phi) is 8.82. The van der Waals surface area contributed by atoms with Gasteiger partial charge in [-0.2, -0.15) is 4.39 Å². The van der Waals surface area contributed by atoms with E-state index in [1.54, 1.807) is 49.2 Å². The summed E-state index contributed by atoms with van der Waals surface area (Å²) in [6, 6.07) is 7.42. The normalized spacial score (nSPS) is 22.2. The molecule has 2 heterocycles. The van der Waals surface area contributed by atoms with Crippen molar-refractivity contribution in [3.63, 3.8) is 0 Å². The number of aliphatic hydroxyl groups excluding tert-OH is 1. The Morgan fingerprint density at radius 2 is 1.97 bits per heavy atom. The molecule has 0 aliphatic carbocycles. The minimum absolute atomic E-state index is 0.204. The number of carbonyl (C=O) groups is 1. The summed E-state index contributed by atoms with van der Waals surface area (Å²) in [5.41, 5.74) is -1.68. The predicted molar refractivity (Wildman–Crippen MR) is 122 cm³/mol. The number of H-pyrrole nitrogens is 1. The molecule has 1 saturated heterocycles. The van der Waals surface area contributed by atoms with Crippen LogP contribution in [0.15, 0.2) is 46.1 Å². The van der Waals surface area contributed by atoms with Gasteiger partial charge in [0, 0.05) is 6.42 Å². The van der Waals surface area contributed by atoms with Crippen LogP contribution in [0.2, 0.25) is 0 Å². The van der Waals surface area contributed by atoms with E-state index in [1.165, 1.54) is 12.0 Å². The predicted octanol–water partition coefficient (Wildman–Crippen LogP) is 1.22. The third-order valence-corrected chi connectivity index (χ3v) is 5.96.